The Morgan fingerprint density at radius 3 is 3.47 bits per heavy atom. The molecule has 2 fully saturated rings. The van der Waals surface area contributed by atoms with E-state index in [1.807, 2.05) is 6.33 Å². The summed E-state index contributed by atoms with van der Waals surface area (Å²) in [6.45, 7) is 1.12. The molecule has 1 spiro atoms. The van der Waals surface area contributed by atoms with Crippen LogP contribution in [0.25, 0.3) is 0 Å². The van der Waals surface area contributed by atoms with Crippen molar-refractivity contribution >= 4 is 0 Å². The van der Waals surface area contributed by atoms with Gasteiger partial charge in [-0.1, -0.05) is 12.8 Å². The maximum Gasteiger partial charge on any atom is 0.0926 e. The van der Waals surface area contributed by atoms with Crippen LogP contribution in [0.1, 0.15) is 37.1 Å². The average molecular weight is 203 g/mol. The first-order valence-corrected chi connectivity index (χ1v) is 6.18. The van der Waals surface area contributed by atoms with Gasteiger partial charge in [0.15, 0.2) is 0 Å². The van der Waals surface area contributed by atoms with E-state index < -0.39 is 0 Å². The largest absolute Gasteiger partial charge is 0.348 e. The first kappa shape index (κ1) is 8.34. The lowest BCUT2D eigenvalue weighted by Crippen LogP contribution is -2.50. The molecule has 2 heterocycles. The highest BCUT2D eigenvalue weighted by atomic mass is 15.1. The minimum absolute atomic E-state index is 0.260. The third-order valence-electron chi connectivity index (χ3n) is 4.66. The van der Waals surface area contributed by atoms with E-state index in [0.717, 1.165) is 24.8 Å². The smallest absolute Gasteiger partial charge is 0.0926 e. The number of nitrogens with one attached hydrogen (secondary N) is 2. The number of imidazole rings is 1. The van der Waals surface area contributed by atoms with Crippen molar-refractivity contribution in [2.24, 2.45) is 11.8 Å². The summed E-state index contributed by atoms with van der Waals surface area (Å²) >= 11 is 0. The Bertz CT molecular complexity index is 397. The molecule has 3 unspecified atom stereocenters. The van der Waals surface area contributed by atoms with E-state index in [1.54, 1.807) is 0 Å². The molecule has 2 N–H and O–H groups in total. The number of fused-ring (bicyclic) bond motifs is 4. The van der Waals surface area contributed by atoms with Gasteiger partial charge in [-0.3, -0.25) is 0 Å². The number of hydrogen-bond donors (Lipinski definition) is 2. The third-order valence-corrected chi connectivity index (χ3v) is 4.66. The molecule has 4 rings (SSSR count). The quantitative estimate of drug-likeness (QED) is 0.672. The molecular weight excluding hydrogens is 186 g/mol. The van der Waals surface area contributed by atoms with Crippen LogP contribution in [0.2, 0.25) is 0 Å². The summed E-state index contributed by atoms with van der Waals surface area (Å²) in [5.74, 6) is 1.88. The van der Waals surface area contributed by atoms with Crippen LogP contribution >= 0.6 is 0 Å². The number of rotatable bonds is 0. The molecule has 1 aliphatic heterocycles. The van der Waals surface area contributed by atoms with Crippen LogP contribution in [0, 0.1) is 11.8 Å². The summed E-state index contributed by atoms with van der Waals surface area (Å²) in [4.78, 5) is 7.91. The highest BCUT2D eigenvalue weighted by molar-refractivity contribution is 5.30. The Labute approximate surface area is 89.7 Å². The second-order valence-electron chi connectivity index (χ2n) is 5.37. The van der Waals surface area contributed by atoms with Crippen LogP contribution in [0.15, 0.2) is 6.33 Å². The zero-order chi connectivity index (χ0) is 9.88. The zero-order valence-corrected chi connectivity index (χ0v) is 8.92. The van der Waals surface area contributed by atoms with Gasteiger partial charge in [-0.2, -0.15) is 0 Å². The van der Waals surface area contributed by atoms with E-state index in [2.05, 4.69) is 15.3 Å². The van der Waals surface area contributed by atoms with Gasteiger partial charge in [0.1, 0.15) is 0 Å². The number of aromatic nitrogens is 2. The predicted octanol–water partition coefficient (Wildman–Crippen LogP) is 1.57. The molecule has 3 aliphatic rings. The first-order chi connectivity index (χ1) is 7.40. The second kappa shape index (κ2) is 2.64. The van der Waals surface area contributed by atoms with Crippen LogP contribution in [-0.2, 0) is 12.0 Å². The summed E-state index contributed by atoms with van der Waals surface area (Å²) in [7, 11) is 0. The molecule has 0 aromatic carbocycles. The van der Waals surface area contributed by atoms with E-state index >= 15 is 0 Å². The average Bonchev–Trinajstić information content (AvgIpc) is 2.89. The topological polar surface area (TPSA) is 40.7 Å². The van der Waals surface area contributed by atoms with Gasteiger partial charge in [-0.15, -0.1) is 0 Å². The fourth-order valence-electron chi connectivity index (χ4n) is 3.90. The lowest BCUT2D eigenvalue weighted by Gasteiger charge is -2.40. The van der Waals surface area contributed by atoms with Gasteiger partial charge in [0.25, 0.3) is 0 Å². The monoisotopic (exact) mass is 203 g/mol. The minimum atomic E-state index is 0.260. The van der Waals surface area contributed by atoms with E-state index in [4.69, 9.17) is 0 Å². The van der Waals surface area contributed by atoms with Crippen LogP contribution in [-0.4, -0.2) is 16.5 Å². The number of aromatic amines is 1. The highest BCUT2D eigenvalue weighted by Crippen LogP contribution is 2.59. The molecule has 0 bridgehead atoms. The Balaban J connectivity index is 1.83. The predicted molar refractivity (Wildman–Crippen MR) is 57.4 cm³/mol. The molecule has 3 heteroatoms. The maximum atomic E-state index is 4.59. The summed E-state index contributed by atoms with van der Waals surface area (Å²) in [5, 5.41) is 3.79. The molecule has 0 amide bonds. The van der Waals surface area contributed by atoms with Crippen molar-refractivity contribution in [3.63, 3.8) is 0 Å². The molecule has 3 atom stereocenters. The molecule has 0 saturated heterocycles. The Hall–Kier alpha value is -0.830. The van der Waals surface area contributed by atoms with Crippen LogP contribution in [0.5, 0.6) is 0 Å². The van der Waals surface area contributed by atoms with Gasteiger partial charge >= 0.3 is 0 Å². The first-order valence-electron chi connectivity index (χ1n) is 6.18. The van der Waals surface area contributed by atoms with Crippen LogP contribution < -0.4 is 5.32 Å². The van der Waals surface area contributed by atoms with Gasteiger partial charge in [0, 0.05) is 18.7 Å². The van der Waals surface area contributed by atoms with E-state index in [-0.39, 0.29) is 5.54 Å². The normalized spacial score (nSPS) is 42.4. The molecule has 2 aliphatic carbocycles. The van der Waals surface area contributed by atoms with Crippen molar-refractivity contribution in [2.75, 3.05) is 6.54 Å². The maximum absolute atomic E-state index is 4.59. The van der Waals surface area contributed by atoms with Gasteiger partial charge in [0.2, 0.25) is 0 Å². The van der Waals surface area contributed by atoms with Gasteiger partial charge in [-0.25, -0.2) is 4.98 Å². The van der Waals surface area contributed by atoms with Gasteiger partial charge in [0.05, 0.1) is 17.6 Å². The van der Waals surface area contributed by atoms with E-state index in [0.29, 0.717) is 0 Å². The van der Waals surface area contributed by atoms with E-state index in [9.17, 15) is 0 Å². The SMILES string of the molecule is c1nc2c([nH]1)CCNC21CCCC2CC21. The standard InChI is InChI=1S/C12H17N3/c1-2-8-6-9(8)12(4-1)11-10(3-5-15-12)13-7-14-11/h7-9,15H,1-6H2,(H,13,14). The molecule has 0 radical (unpaired) electrons. The lowest BCUT2D eigenvalue weighted by atomic mass is 9.76. The Morgan fingerprint density at radius 2 is 2.47 bits per heavy atom. The molecule has 15 heavy (non-hydrogen) atoms. The van der Waals surface area contributed by atoms with Crippen LogP contribution in [0.3, 0.4) is 0 Å². The van der Waals surface area contributed by atoms with Crippen molar-refractivity contribution in [1.29, 1.82) is 0 Å². The highest BCUT2D eigenvalue weighted by Gasteiger charge is 2.57. The molecule has 80 valence electrons. The Morgan fingerprint density at radius 1 is 1.47 bits per heavy atom. The number of nitrogens with zero attached hydrogens (tertiary/aromatic N) is 1. The minimum Gasteiger partial charge on any atom is -0.348 e. The Kier molecular flexibility index (Phi) is 1.47. The zero-order valence-electron chi connectivity index (χ0n) is 8.92. The molecule has 3 nitrogen and oxygen atoms in total. The van der Waals surface area contributed by atoms with Crippen molar-refractivity contribution in [3.05, 3.63) is 17.7 Å². The number of hydrogen-bond acceptors (Lipinski definition) is 2. The third kappa shape index (κ3) is 0.969. The van der Waals surface area contributed by atoms with Crippen LogP contribution in [0.4, 0.5) is 0 Å². The van der Waals surface area contributed by atoms with Gasteiger partial charge < -0.3 is 10.3 Å². The number of H-pyrrole nitrogens is 1. The molecule has 1 aromatic rings. The van der Waals surface area contributed by atoms with Crippen molar-refractivity contribution in [2.45, 2.75) is 37.6 Å². The lowest BCUT2D eigenvalue weighted by molar-refractivity contribution is 0.197. The summed E-state index contributed by atoms with van der Waals surface area (Å²) in [5.41, 5.74) is 3.00. The van der Waals surface area contributed by atoms with Crippen molar-refractivity contribution < 1.29 is 0 Å². The summed E-state index contributed by atoms with van der Waals surface area (Å²) < 4.78 is 0. The molecule has 1 aromatic heterocycles. The fourth-order valence-corrected chi connectivity index (χ4v) is 3.90. The summed E-state index contributed by atoms with van der Waals surface area (Å²) in [6, 6.07) is 0. The van der Waals surface area contributed by atoms with E-state index in [1.165, 1.54) is 37.1 Å². The van der Waals surface area contributed by atoms with Crippen molar-refractivity contribution in [3.8, 4) is 0 Å². The second-order valence-corrected chi connectivity index (χ2v) is 5.37. The summed E-state index contributed by atoms with van der Waals surface area (Å²) in [6.07, 6.45) is 8.56. The molecular formula is C12H17N3. The molecule has 2 saturated carbocycles. The fraction of sp³-hybridized carbons (Fsp3) is 0.750. The van der Waals surface area contributed by atoms with Gasteiger partial charge in [-0.05, 0) is 24.7 Å². The van der Waals surface area contributed by atoms with Crippen molar-refractivity contribution in [1.82, 2.24) is 15.3 Å².